The molecular formula is C14H16BrNO. The molecule has 0 aliphatic heterocycles. The highest BCUT2D eigenvalue weighted by molar-refractivity contribution is 9.10. The molecular weight excluding hydrogens is 278 g/mol. The van der Waals surface area contributed by atoms with Crippen molar-refractivity contribution in [1.82, 2.24) is 0 Å². The highest BCUT2D eigenvalue weighted by Gasteiger charge is 2.08. The van der Waals surface area contributed by atoms with E-state index in [0.29, 0.717) is 0 Å². The van der Waals surface area contributed by atoms with Crippen molar-refractivity contribution in [3.8, 4) is 11.3 Å². The standard InChI is InChI=1S/C14H16BrNO/c1-9-7-11(15)3-5-13(9)14-6-4-12(17-14)8-10(2)16/h3-7,10H,8,16H2,1-2H3. The molecule has 0 radical (unpaired) electrons. The molecule has 0 amide bonds. The summed E-state index contributed by atoms with van der Waals surface area (Å²) in [6.45, 7) is 4.06. The SMILES string of the molecule is Cc1cc(Br)ccc1-c1ccc(CC(C)N)o1. The molecule has 1 aromatic heterocycles. The monoisotopic (exact) mass is 293 g/mol. The molecule has 17 heavy (non-hydrogen) atoms. The molecule has 0 bridgehead atoms. The second-order valence-electron chi connectivity index (χ2n) is 4.41. The summed E-state index contributed by atoms with van der Waals surface area (Å²) < 4.78 is 6.89. The van der Waals surface area contributed by atoms with E-state index >= 15 is 0 Å². The van der Waals surface area contributed by atoms with Gasteiger partial charge in [-0.3, -0.25) is 0 Å². The lowest BCUT2D eigenvalue weighted by atomic mass is 10.1. The Labute approximate surface area is 110 Å². The van der Waals surface area contributed by atoms with Crippen LogP contribution in [0.3, 0.4) is 0 Å². The summed E-state index contributed by atoms with van der Waals surface area (Å²) in [4.78, 5) is 0. The van der Waals surface area contributed by atoms with Crippen molar-refractivity contribution in [2.24, 2.45) is 5.73 Å². The molecule has 1 atom stereocenters. The van der Waals surface area contributed by atoms with Gasteiger partial charge in [-0.1, -0.05) is 15.9 Å². The van der Waals surface area contributed by atoms with Crippen LogP contribution in [0, 0.1) is 6.92 Å². The van der Waals surface area contributed by atoms with E-state index < -0.39 is 0 Å². The van der Waals surface area contributed by atoms with E-state index in [4.69, 9.17) is 10.2 Å². The summed E-state index contributed by atoms with van der Waals surface area (Å²) in [6.07, 6.45) is 0.773. The minimum Gasteiger partial charge on any atom is -0.461 e. The Morgan fingerprint density at radius 2 is 2.06 bits per heavy atom. The minimum absolute atomic E-state index is 0.125. The lowest BCUT2D eigenvalue weighted by molar-refractivity contribution is 0.503. The third-order valence-corrected chi connectivity index (χ3v) is 3.13. The lowest BCUT2D eigenvalue weighted by Crippen LogP contribution is -2.17. The predicted octanol–water partition coefficient (Wildman–Crippen LogP) is 3.91. The average Bonchev–Trinajstić information content (AvgIpc) is 2.65. The van der Waals surface area contributed by atoms with Gasteiger partial charge in [-0.05, 0) is 49.7 Å². The fourth-order valence-electron chi connectivity index (χ4n) is 1.85. The third kappa shape index (κ3) is 2.99. The smallest absolute Gasteiger partial charge is 0.134 e. The molecule has 2 nitrogen and oxygen atoms in total. The maximum absolute atomic E-state index is 5.81. The van der Waals surface area contributed by atoms with E-state index in [1.165, 1.54) is 5.56 Å². The van der Waals surface area contributed by atoms with Gasteiger partial charge in [0.25, 0.3) is 0 Å². The minimum atomic E-state index is 0.125. The predicted molar refractivity (Wildman–Crippen MR) is 73.9 cm³/mol. The zero-order chi connectivity index (χ0) is 12.4. The first kappa shape index (κ1) is 12.4. The number of hydrogen-bond donors (Lipinski definition) is 1. The van der Waals surface area contributed by atoms with Crippen molar-refractivity contribution in [2.75, 3.05) is 0 Å². The van der Waals surface area contributed by atoms with Crippen molar-refractivity contribution in [1.29, 1.82) is 0 Å². The van der Waals surface area contributed by atoms with Gasteiger partial charge in [0.15, 0.2) is 0 Å². The molecule has 0 fully saturated rings. The van der Waals surface area contributed by atoms with E-state index in [2.05, 4.69) is 35.0 Å². The fourth-order valence-corrected chi connectivity index (χ4v) is 2.33. The lowest BCUT2D eigenvalue weighted by Gasteiger charge is -2.04. The van der Waals surface area contributed by atoms with Gasteiger partial charge in [0.1, 0.15) is 11.5 Å². The normalized spacial score (nSPS) is 12.7. The maximum atomic E-state index is 5.81. The van der Waals surface area contributed by atoms with Crippen LogP contribution in [-0.2, 0) is 6.42 Å². The van der Waals surface area contributed by atoms with Crippen molar-refractivity contribution < 1.29 is 4.42 Å². The molecule has 2 N–H and O–H groups in total. The van der Waals surface area contributed by atoms with Crippen LogP contribution in [0.25, 0.3) is 11.3 Å². The van der Waals surface area contributed by atoms with Crippen molar-refractivity contribution in [3.05, 3.63) is 46.1 Å². The van der Waals surface area contributed by atoms with E-state index in [1.54, 1.807) is 0 Å². The molecule has 1 aromatic carbocycles. The van der Waals surface area contributed by atoms with Crippen LogP contribution in [0.4, 0.5) is 0 Å². The van der Waals surface area contributed by atoms with Crippen molar-refractivity contribution in [2.45, 2.75) is 26.3 Å². The molecule has 2 rings (SSSR count). The summed E-state index contributed by atoms with van der Waals surface area (Å²) >= 11 is 3.46. The average molecular weight is 294 g/mol. The summed E-state index contributed by atoms with van der Waals surface area (Å²) in [5.41, 5.74) is 8.08. The molecule has 0 saturated heterocycles. The van der Waals surface area contributed by atoms with Crippen LogP contribution in [0.2, 0.25) is 0 Å². The summed E-state index contributed by atoms with van der Waals surface area (Å²) in [6, 6.07) is 10.3. The molecule has 0 aliphatic carbocycles. The fraction of sp³-hybridized carbons (Fsp3) is 0.286. The van der Waals surface area contributed by atoms with Gasteiger partial charge in [-0.25, -0.2) is 0 Å². The third-order valence-electron chi connectivity index (χ3n) is 2.64. The van der Waals surface area contributed by atoms with Gasteiger partial charge in [-0.15, -0.1) is 0 Å². The van der Waals surface area contributed by atoms with Crippen LogP contribution in [0.15, 0.2) is 39.2 Å². The number of hydrogen-bond acceptors (Lipinski definition) is 2. The van der Waals surface area contributed by atoms with Gasteiger partial charge in [-0.2, -0.15) is 0 Å². The highest BCUT2D eigenvalue weighted by Crippen LogP contribution is 2.28. The zero-order valence-electron chi connectivity index (χ0n) is 10.0. The molecule has 0 aliphatic rings. The van der Waals surface area contributed by atoms with E-state index in [0.717, 1.165) is 28.0 Å². The molecule has 0 saturated carbocycles. The molecule has 2 aromatic rings. The van der Waals surface area contributed by atoms with Crippen LogP contribution in [0.5, 0.6) is 0 Å². The van der Waals surface area contributed by atoms with Crippen LogP contribution >= 0.6 is 15.9 Å². The molecule has 90 valence electrons. The molecule has 3 heteroatoms. The summed E-state index contributed by atoms with van der Waals surface area (Å²) in [5, 5.41) is 0. The van der Waals surface area contributed by atoms with E-state index in [1.807, 2.05) is 25.1 Å². The number of benzene rings is 1. The van der Waals surface area contributed by atoms with Crippen LogP contribution in [0.1, 0.15) is 18.2 Å². The van der Waals surface area contributed by atoms with Crippen LogP contribution in [-0.4, -0.2) is 6.04 Å². The number of aryl methyl sites for hydroxylation is 1. The van der Waals surface area contributed by atoms with E-state index in [9.17, 15) is 0 Å². The highest BCUT2D eigenvalue weighted by atomic mass is 79.9. The largest absolute Gasteiger partial charge is 0.461 e. The van der Waals surface area contributed by atoms with Gasteiger partial charge < -0.3 is 10.2 Å². The first-order valence-corrected chi connectivity index (χ1v) is 6.46. The van der Waals surface area contributed by atoms with Crippen LogP contribution < -0.4 is 5.73 Å². The van der Waals surface area contributed by atoms with Crippen molar-refractivity contribution >= 4 is 15.9 Å². The van der Waals surface area contributed by atoms with Crippen molar-refractivity contribution in [3.63, 3.8) is 0 Å². The molecule has 0 spiro atoms. The second kappa shape index (κ2) is 5.07. The number of halogens is 1. The maximum Gasteiger partial charge on any atom is 0.134 e. The Balaban J connectivity index is 2.30. The number of nitrogens with two attached hydrogens (primary N) is 1. The Hall–Kier alpha value is -1.06. The zero-order valence-corrected chi connectivity index (χ0v) is 11.6. The number of furan rings is 1. The summed E-state index contributed by atoms with van der Waals surface area (Å²) in [7, 11) is 0. The first-order chi connectivity index (χ1) is 8.06. The topological polar surface area (TPSA) is 39.2 Å². The van der Waals surface area contributed by atoms with E-state index in [-0.39, 0.29) is 6.04 Å². The quantitative estimate of drug-likeness (QED) is 0.932. The molecule has 1 heterocycles. The first-order valence-electron chi connectivity index (χ1n) is 5.67. The van der Waals surface area contributed by atoms with Gasteiger partial charge >= 0.3 is 0 Å². The Kier molecular flexibility index (Phi) is 3.69. The number of rotatable bonds is 3. The second-order valence-corrected chi connectivity index (χ2v) is 5.32. The Morgan fingerprint density at radius 1 is 1.29 bits per heavy atom. The van der Waals surface area contributed by atoms with Gasteiger partial charge in [0, 0.05) is 22.5 Å². The van der Waals surface area contributed by atoms with Gasteiger partial charge in [0.05, 0.1) is 0 Å². The summed E-state index contributed by atoms with van der Waals surface area (Å²) in [5.74, 6) is 1.85. The Bertz CT molecular complexity index is 517. The Morgan fingerprint density at radius 3 is 2.71 bits per heavy atom. The molecule has 1 unspecified atom stereocenters. The van der Waals surface area contributed by atoms with Gasteiger partial charge in [0.2, 0.25) is 0 Å².